The van der Waals surface area contributed by atoms with E-state index in [4.69, 9.17) is 0 Å². The van der Waals surface area contributed by atoms with Crippen LogP contribution in [0.5, 0.6) is 0 Å². The molecule has 1 saturated carbocycles. The molecule has 1 fully saturated rings. The molecule has 0 heterocycles. The monoisotopic (exact) mass is 339 g/mol. The molecule has 0 atom stereocenters. The number of nitrogens with one attached hydrogen (secondary N) is 2. The van der Waals surface area contributed by atoms with Crippen LogP contribution in [0.1, 0.15) is 46.0 Å². The summed E-state index contributed by atoms with van der Waals surface area (Å²) in [4.78, 5) is 4.25. The van der Waals surface area contributed by atoms with Crippen LogP contribution in [0.25, 0.3) is 0 Å². The third-order valence-corrected chi connectivity index (χ3v) is 2.85. The van der Waals surface area contributed by atoms with Crippen molar-refractivity contribution in [1.82, 2.24) is 10.6 Å². The maximum atomic E-state index is 4.25. The highest BCUT2D eigenvalue weighted by Crippen LogP contribution is 2.17. The second kappa shape index (κ2) is 9.07. The molecule has 1 rings (SSSR count). The molecule has 1 aliphatic carbocycles. The second-order valence-corrected chi connectivity index (χ2v) is 4.83. The molecule has 96 valence electrons. The molecule has 1 aliphatic rings. The second-order valence-electron chi connectivity index (χ2n) is 4.83. The molecular formula is C12H26IN3. The summed E-state index contributed by atoms with van der Waals surface area (Å²) in [5, 5.41) is 6.85. The van der Waals surface area contributed by atoms with Crippen molar-refractivity contribution in [3.8, 4) is 0 Å². The van der Waals surface area contributed by atoms with Gasteiger partial charge in [0.25, 0.3) is 0 Å². The van der Waals surface area contributed by atoms with Gasteiger partial charge in [0, 0.05) is 19.6 Å². The zero-order valence-corrected chi connectivity index (χ0v) is 13.1. The van der Waals surface area contributed by atoms with Gasteiger partial charge < -0.3 is 10.6 Å². The molecule has 0 aliphatic heterocycles. The predicted octanol–water partition coefficient (Wildman–Crippen LogP) is 2.76. The lowest BCUT2D eigenvalue weighted by molar-refractivity contribution is 0.409. The smallest absolute Gasteiger partial charge is 0.191 e. The van der Waals surface area contributed by atoms with Crippen LogP contribution in [0, 0.1) is 5.92 Å². The highest BCUT2D eigenvalue weighted by Gasteiger charge is 2.14. The minimum absolute atomic E-state index is 0. The number of halogens is 1. The van der Waals surface area contributed by atoms with E-state index in [1.54, 1.807) is 0 Å². The van der Waals surface area contributed by atoms with Crippen molar-refractivity contribution in [1.29, 1.82) is 0 Å². The van der Waals surface area contributed by atoms with E-state index in [9.17, 15) is 0 Å². The van der Waals surface area contributed by atoms with Crippen molar-refractivity contribution >= 4 is 29.9 Å². The van der Waals surface area contributed by atoms with Gasteiger partial charge >= 0.3 is 0 Å². The lowest BCUT2D eigenvalue weighted by Gasteiger charge is -2.25. The van der Waals surface area contributed by atoms with Crippen LogP contribution in [0.3, 0.4) is 0 Å². The minimum Gasteiger partial charge on any atom is -0.356 e. The molecule has 0 radical (unpaired) electrons. The Bertz CT molecular complexity index is 198. The molecule has 0 amide bonds. The molecule has 0 bridgehead atoms. The fourth-order valence-corrected chi connectivity index (χ4v) is 1.94. The van der Waals surface area contributed by atoms with Gasteiger partial charge in [0.2, 0.25) is 0 Å². The highest BCUT2D eigenvalue weighted by atomic mass is 127. The van der Waals surface area contributed by atoms with E-state index < -0.39 is 0 Å². The molecule has 0 saturated heterocycles. The number of hydrogen-bond donors (Lipinski definition) is 2. The van der Waals surface area contributed by atoms with Gasteiger partial charge in [0.15, 0.2) is 5.96 Å². The van der Waals surface area contributed by atoms with Gasteiger partial charge in [0.1, 0.15) is 0 Å². The SMILES string of the molecule is CN=C(NCC(C)C)NC1CCCCC1.I. The van der Waals surface area contributed by atoms with Gasteiger partial charge in [-0.05, 0) is 18.8 Å². The number of guanidine groups is 1. The van der Waals surface area contributed by atoms with Crippen LogP contribution >= 0.6 is 24.0 Å². The van der Waals surface area contributed by atoms with Gasteiger partial charge in [-0.3, -0.25) is 4.99 Å². The fraction of sp³-hybridized carbons (Fsp3) is 0.917. The third-order valence-electron chi connectivity index (χ3n) is 2.85. The van der Waals surface area contributed by atoms with E-state index in [0.29, 0.717) is 12.0 Å². The van der Waals surface area contributed by atoms with E-state index in [1.165, 1.54) is 32.1 Å². The summed E-state index contributed by atoms with van der Waals surface area (Å²) in [5.41, 5.74) is 0. The summed E-state index contributed by atoms with van der Waals surface area (Å²) < 4.78 is 0. The number of hydrogen-bond acceptors (Lipinski definition) is 1. The predicted molar refractivity (Wildman–Crippen MR) is 81.6 cm³/mol. The van der Waals surface area contributed by atoms with Gasteiger partial charge in [-0.15, -0.1) is 24.0 Å². The number of nitrogens with zero attached hydrogens (tertiary/aromatic N) is 1. The standard InChI is InChI=1S/C12H25N3.HI/c1-10(2)9-14-12(13-3)15-11-7-5-4-6-8-11;/h10-11H,4-9H2,1-3H3,(H2,13,14,15);1H. The average Bonchev–Trinajstić information content (AvgIpc) is 2.25. The molecule has 0 spiro atoms. The normalized spacial score (nSPS) is 18.1. The van der Waals surface area contributed by atoms with E-state index in [-0.39, 0.29) is 24.0 Å². The Morgan fingerprint density at radius 2 is 1.88 bits per heavy atom. The van der Waals surface area contributed by atoms with Crippen molar-refractivity contribution < 1.29 is 0 Å². The molecule has 16 heavy (non-hydrogen) atoms. The van der Waals surface area contributed by atoms with Crippen LogP contribution in [0.15, 0.2) is 4.99 Å². The summed E-state index contributed by atoms with van der Waals surface area (Å²) in [6, 6.07) is 0.636. The van der Waals surface area contributed by atoms with Gasteiger partial charge in [-0.25, -0.2) is 0 Å². The first-order valence-corrected chi connectivity index (χ1v) is 6.19. The van der Waals surface area contributed by atoms with Crippen molar-refractivity contribution in [2.75, 3.05) is 13.6 Å². The van der Waals surface area contributed by atoms with E-state index in [1.807, 2.05) is 7.05 Å². The Morgan fingerprint density at radius 3 is 2.38 bits per heavy atom. The minimum atomic E-state index is 0. The van der Waals surface area contributed by atoms with Crippen LogP contribution in [-0.2, 0) is 0 Å². The lowest BCUT2D eigenvalue weighted by Crippen LogP contribution is -2.45. The van der Waals surface area contributed by atoms with Gasteiger partial charge in [-0.1, -0.05) is 33.1 Å². The van der Waals surface area contributed by atoms with Crippen molar-refractivity contribution in [2.24, 2.45) is 10.9 Å². The summed E-state index contributed by atoms with van der Waals surface area (Å²) in [6.45, 7) is 5.41. The summed E-state index contributed by atoms with van der Waals surface area (Å²) in [7, 11) is 1.85. The summed E-state index contributed by atoms with van der Waals surface area (Å²) in [5.74, 6) is 1.63. The zero-order valence-electron chi connectivity index (χ0n) is 10.8. The maximum Gasteiger partial charge on any atom is 0.191 e. The van der Waals surface area contributed by atoms with Gasteiger partial charge in [0.05, 0.1) is 0 Å². The van der Waals surface area contributed by atoms with Gasteiger partial charge in [-0.2, -0.15) is 0 Å². The Hall–Kier alpha value is 0. The quantitative estimate of drug-likeness (QED) is 0.471. The Morgan fingerprint density at radius 1 is 1.25 bits per heavy atom. The van der Waals surface area contributed by atoms with Crippen LogP contribution in [0.4, 0.5) is 0 Å². The first-order valence-electron chi connectivity index (χ1n) is 6.19. The fourth-order valence-electron chi connectivity index (χ4n) is 1.94. The van der Waals surface area contributed by atoms with Crippen molar-refractivity contribution in [3.63, 3.8) is 0 Å². The van der Waals surface area contributed by atoms with Crippen molar-refractivity contribution in [3.05, 3.63) is 0 Å². The van der Waals surface area contributed by atoms with Crippen LogP contribution in [0.2, 0.25) is 0 Å². The summed E-state index contributed by atoms with van der Waals surface area (Å²) in [6.07, 6.45) is 6.71. The number of aliphatic imine (C=N–C) groups is 1. The van der Waals surface area contributed by atoms with Crippen molar-refractivity contribution in [2.45, 2.75) is 52.0 Å². The first kappa shape index (κ1) is 16.0. The Kier molecular flexibility index (Phi) is 9.07. The Labute approximate surface area is 117 Å². The largest absolute Gasteiger partial charge is 0.356 e. The number of rotatable bonds is 3. The topological polar surface area (TPSA) is 36.4 Å². The summed E-state index contributed by atoms with van der Waals surface area (Å²) >= 11 is 0. The molecule has 0 aromatic rings. The molecular weight excluding hydrogens is 313 g/mol. The van der Waals surface area contributed by atoms with E-state index >= 15 is 0 Å². The molecule has 2 N–H and O–H groups in total. The maximum absolute atomic E-state index is 4.25. The molecule has 0 aromatic heterocycles. The highest BCUT2D eigenvalue weighted by molar-refractivity contribution is 14.0. The molecule has 0 aromatic carbocycles. The average molecular weight is 339 g/mol. The molecule has 0 unspecified atom stereocenters. The third kappa shape index (κ3) is 6.55. The zero-order chi connectivity index (χ0) is 11.1. The van der Waals surface area contributed by atoms with Crippen LogP contribution < -0.4 is 10.6 Å². The lowest BCUT2D eigenvalue weighted by atomic mass is 9.96. The first-order chi connectivity index (χ1) is 7.22. The molecule has 4 heteroatoms. The molecule has 3 nitrogen and oxygen atoms in total. The van der Waals surface area contributed by atoms with E-state index in [0.717, 1.165) is 12.5 Å². The van der Waals surface area contributed by atoms with E-state index in [2.05, 4.69) is 29.5 Å². The Balaban J connectivity index is 0.00000225. The van der Waals surface area contributed by atoms with Crippen LogP contribution in [-0.4, -0.2) is 25.6 Å².